The fraction of sp³-hybridized carbons (Fsp3) is 0.222. The highest BCUT2D eigenvalue weighted by atomic mass is 79.9. The quantitative estimate of drug-likeness (QED) is 0.777. The lowest BCUT2D eigenvalue weighted by atomic mass is 10.1. The average Bonchev–Trinajstić information content (AvgIpc) is 2.76. The third-order valence-corrected chi connectivity index (χ3v) is 4.62. The lowest BCUT2D eigenvalue weighted by Crippen LogP contribution is -2.51. The second-order valence-corrected chi connectivity index (χ2v) is 6.66. The highest BCUT2D eigenvalue weighted by Gasteiger charge is 2.49. The number of rotatable bonds is 3. The monoisotopic (exact) mass is 442 g/mol. The van der Waals surface area contributed by atoms with Crippen molar-refractivity contribution in [2.45, 2.75) is 18.6 Å². The molecule has 0 radical (unpaired) electrons. The fourth-order valence-electron chi connectivity index (χ4n) is 2.77. The van der Waals surface area contributed by atoms with Crippen LogP contribution < -0.4 is 15.0 Å². The molecule has 2 aromatic carbocycles. The summed E-state index contributed by atoms with van der Waals surface area (Å²) >= 11 is 3.25. The van der Waals surface area contributed by atoms with Gasteiger partial charge in [-0.05, 0) is 40.2 Å². The lowest BCUT2D eigenvalue weighted by Gasteiger charge is -2.31. The van der Waals surface area contributed by atoms with Gasteiger partial charge in [0.15, 0.2) is 6.61 Å². The molecule has 0 saturated heterocycles. The fourth-order valence-corrected chi connectivity index (χ4v) is 3.17. The maximum absolute atomic E-state index is 13.6. The maximum Gasteiger partial charge on any atom is 0.409 e. The molecule has 27 heavy (non-hydrogen) atoms. The number of halogens is 4. The molecule has 0 aliphatic carbocycles. The summed E-state index contributed by atoms with van der Waals surface area (Å²) in [6, 6.07) is 10.3. The Morgan fingerprint density at radius 2 is 1.85 bits per heavy atom. The van der Waals surface area contributed by atoms with Crippen molar-refractivity contribution >= 4 is 39.1 Å². The van der Waals surface area contributed by atoms with Crippen LogP contribution in [0.5, 0.6) is 5.75 Å². The Balaban J connectivity index is 1.94. The molecule has 0 aromatic heterocycles. The minimum absolute atomic E-state index is 0.0218. The molecular weight excluding hydrogens is 429 g/mol. The number of benzene rings is 2. The van der Waals surface area contributed by atoms with Gasteiger partial charge in [-0.25, -0.2) is 0 Å². The number of carbonyl (C=O) groups is 2. The van der Waals surface area contributed by atoms with Crippen LogP contribution in [0.25, 0.3) is 0 Å². The predicted octanol–water partition coefficient (Wildman–Crippen LogP) is 4.13. The number of nitrogens with one attached hydrogen (secondary N) is 1. The summed E-state index contributed by atoms with van der Waals surface area (Å²) < 4.78 is 46.8. The van der Waals surface area contributed by atoms with Gasteiger partial charge in [0.2, 0.25) is 5.91 Å². The number of para-hydroxylation sites is 3. The molecular formula is C18H14BrF3N2O3. The Morgan fingerprint density at radius 3 is 2.56 bits per heavy atom. The molecule has 2 aromatic rings. The van der Waals surface area contributed by atoms with E-state index in [1.165, 1.54) is 18.2 Å². The first kappa shape index (κ1) is 19.2. The summed E-state index contributed by atoms with van der Waals surface area (Å²) in [4.78, 5) is 25.2. The summed E-state index contributed by atoms with van der Waals surface area (Å²) in [6.45, 7) is -0.613. The Morgan fingerprint density at radius 1 is 1.19 bits per heavy atom. The van der Waals surface area contributed by atoms with Gasteiger partial charge in [-0.1, -0.05) is 24.3 Å². The molecule has 0 bridgehead atoms. The normalized spacial score (nSPS) is 17.0. The first-order chi connectivity index (χ1) is 12.8. The molecule has 0 spiro atoms. The van der Waals surface area contributed by atoms with E-state index in [4.69, 9.17) is 4.74 Å². The number of hydrogen-bond donors (Lipinski definition) is 1. The summed E-state index contributed by atoms with van der Waals surface area (Å²) in [7, 11) is 0. The van der Waals surface area contributed by atoms with Gasteiger partial charge in [-0.15, -0.1) is 0 Å². The number of fused-ring (bicyclic) bond motifs is 1. The van der Waals surface area contributed by atoms with E-state index in [2.05, 4.69) is 21.2 Å². The molecule has 1 heterocycles. The number of alkyl halides is 3. The van der Waals surface area contributed by atoms with E-state index >= 15 is 0 Å². The van der Waals surface area contributed by atoms with Crippen LogP contribution in [-0.2, 0) is 9.59 Å². The van der Waals surface area contributed by atoms with Crippen LogP contribution in [0.15, 0.2) is 53.0 Å². The highest BCUT2D eigenvalue weighted by molar-refractivity contribution is 9.10. The number of hydrogen-bond acceptors (Lipinski definition) is 3. The molecule has 0 unspecified atom stereocenters. The summed E-state index contributed by atoms with van der Waals surface area (Å²) in [5.41, 5.74) is 0.120. The van der Waals surface area contributed by atoms with Crippen LogP contribution in [0.3, 0.4) is 0 Å². The van der Waals surface area contributed by atoms with E-state index in [-0.39, 0.29) is 11.4 Å². The zero-order valence-corrected chi connectivity index (χ0v) is 15.4. The lowest BCUT2D eigenvalue weighted by molar-refractivity contribution is -0.158. The van der Waals surface area contributed by atoms with Crippen molar-refractivity contribution < 1.29 is 27.5 Å². The van der Waals surface area contributed by atoms with Crippen molar-refractivity contribution in [2.75, 3.05) is 16.8 Å². The third kappa shape index (κ3) is 4.24. The van der Waals surface area contributed by atoms with Crippen LogP contribution in [0.2, 0.25) is 0 Å². The number of amides is 2. The van der Waals surface area contributed by atoms with Gasteiger partial charge in [0.05, 0.1) is 22.3 Å². The molecule has 5 nitrogen and oxygen atoms in total. The molecule has 1 aliphatic rings. The van der Waals surface area contributed by atoms with Crippen LogP contribution in [0.1, 0.15) is 6.42 Å². The highest BCUT2D eigenvalue weighted by Crippen LogP contribution is 2.37. The maximum atomic E-state index is 13.6. The van der Waals surface area contributed by atoms with Crippen LogP contribution >= 0.6 is 15.9 Å². The Labute approximate surface area is 161 Å². The number of anilines is 2. The van der Waals surface area contributed by atoms with E-state index in [0.29, 0.717) is 15.1 Å². The molecule has 0 fully saturated rings. The molecule has 0 saturated carbocycles. The van der Waals surface area contributed by atoms with Crippen LogP contribution in [-0.4, -0.2) is 30.6 Å². The van der Waals surface area contributed by atoms with Crippen molar-refractivity contribution in [2.24, 2.45) is 0 Å². The number of carbonyl (C=O) groups excluding carboxylic acids is 2. The van der Waals surface area contributed by atoms with Gasteiger partial charge in [-0.2, -0.15) is 13.2 Å². The Bertz CT molecular complexity index is 873. The van der Waals surface area contributed by atoms with Crippen LogP contribution in [0.4, 0.5) is 24.5 Å². The standard InChI is InChI=1S/C18H14BrF3N2O3/c19-11-5-1-4-8-14(11)27-10-17(26)24-13-7-3-2-6-12(13)23-16(25)9-15(24)18(20,21)22/h1-8,15H,9-10H2,(H,23,25)/t15-/m0/s1. The molecule has 1 aliphatic heterocycles. The molecule has 1 N–H and O–H groups in total. The Kier molecular flexibility index (Phi) is 5.41. The van der Waals surface area contributed by atoms with E-state index in [9.17, 15) is 22.8 Å². The number of nitrogens with zero attached hydrogens (tertiary/aromatic N) is 1. The largest absolute Gasteiger partial charge is 0.483 e. The topological polar surface area (TPSA) is 58.6 Å². The smallest absolute Gasteiger partial charge is 0.409 e. The van der Waals surface area contributed by atoms with Crippen molar-refractivity contribution in [3.63, 3.8) is 0 Å². The molecule has 142 valence electrons. The Hall–Kier alpha value is -2.55. The summed E-state index contributed by atoms with van der Waals surface area (Å²) in [6.07, 6.45) is -5.67. The molecule has 9 heteroatoms. The van der Waals surface area contributed by atoms with Crippen molar-refractivity contribution in [1.29, 1.82) is 0 Å². The number of ether oxygens (including phenoxy) is 1. The van der Waals surface area contributed by atoms with Crippen molar-refractivity contribution in [1.82, 2.24) is 0 Å². The van der Waals surface area contributed by atoms with Gasteiger partial charge in [0.1, 0.15) is 11.8 Å². The van der Waals surface area contributed by atoms with Gasteiger partial charge in [-0.3, -0.25) is 14.5 Å². The second-order valence-electron chi connectivity index (χ2n) is 5.81. The van der Waals surface area contributed by atoms with Crippen LogP contribution in [0, 0.1) is 0 Å². The predicted molar refractivity (Wildman–Crippen MR) is 96.7 cm³/mol. The first-order valence-corrected chi connectivity index (χ1v) is 8.71. The zero-order chi connectivity index (χ0) is 19.6. The SMILES string of the molecule is O=C1C[C@@H](C(F)(F)F)N(C(=O)COc2ccccc2Br)c2ccccc2N1. The molecule has 3 rings (SSSR count). The van der Waals surface area contributed by atoms with E-state index < -0.39 is 37.1 Å². The second kappa shape index (κ2) is 7.59. The summed E-state index contributed by atoms with van der Waals surface area (Å²) in [5, 5.41) is 2.41. The average molecular weight is 443 g/mol. The summed E-state index contributed by atoms with van der Waals surface area (Å²) in [5.74, 6) is -1.39. The van der Waals surface area contributed by atoms with E-state index in [0.717, 1.165) is 0 Å². The van der Waals surface area contributed by atoms with E-state index in [1.54, 1.807) is 30.3 Å². The molecule has 2 amide bonds. The van der Waals surface area contributed by atoms with Crippen molar-refractivity contribution in [3.05, 3.63) is 53.0 Å². The molecule has 1 atom stereocenters. The van der Waals surface area contributed by atoms with Gasteiger partial charge in [0.25, 0.3) is 5.91 Å². The first-order valence-electron chi connectivity index (χ1n) is 7.92. The van der Waals surface area contributed by atoms with Crippen molar-refractivity contribution in [3.8, 4) is 5.75 Å². The van der Waals surface area contributed by atoms with Gasteiger partial charge >= 0.3 is 6.18 Å². The minimum atomic E-state index is -4.78. The third-order valence-electron chi connectivity index (χ3n) is 3.96. The van der Waals surface area contributed by atoms with Gasteiger partial charge in [0, 0.05) is 0 Å². The van der Waals surface area contributed by atoms with Gasteiger partial charge < -0.3 is 10.1 Å². The minimum Gasteiger partial charge on any atom is -0.483 e. The van der Waals surface area contributed by atoms with E-state index in [1.807, 2.05) is 0 Å². The zero-order valence-electron chi connectivity index (χ0n) is 13.8.